The number of halogens is 2. The van der Waals surface area contributed by atoms with Gasteiger partial charge >= 0.3 is 11.9 Å². The fourth-order valence-electron chi connectivity index (χ4n) is 4.30. The van der Waals surface area contributed by atoms with Gasteiger partial charge in [-0.25, -0.2) is 14.6 Å². The van der Waals surface area contributed by atoms with Crippen LogP contribution in [0.3, 0.4) is 0 Å². The predicted octanol–water partition coefficient (Wildman–Crippen LogP) is 4.35. The topological polar surface area (TPSA) is 105 Å². The van der Waals surface area contributed by atoms with Gasteiger partial charge in [0.2, 0.25) is 0 Å². The second kappa shape index (κ2) is 13.5. The van der Waals surface area contributed by atoms with E-state index in [1.165, 1.54) is 18.4 Å². The van der Waals surface area contributed by atoms with Gasteiger partial charge in [-0.15, -0.1) is 0 Å². The van der Waals surface area contributed by atoms with Crippen molar-refractivity contribution >= 4 is 74.5 Å². The van der Waals surface area contributed by atoms with E-state index >= 15 is 0 Å². The van der Waals surface area contributed by atoms with E-state index in [4.69, 9.17) is 14.2 Å². The van der Waals surface area contributed by atoms with Gasteiger partial charge in [0.05, 0.1) is 42.8 Å². The molecular formula is C29H28I2N2O7S. The molecule has 12 heteroatoms. The Kier molecular flexibility index (Phi) is 10.3. The summed E-state index contributed by atoms with van der Waals surface area (Å²) in [6.45, 7) is 7.31. The van der Waals surface area contributed by atoms with Gasteiger partial charge in [-0.1, -0.05) is 29.5 Å². The minimum absolute atomic E-state index is 0.118. The van der Waals surface area contributed by atoms with Gasteiger partial charge in [0.1, 0.15) is 17.5 Å². The SMILES string of the molecule is CCOC(=O)C1=C(C)N=c2s/c(=C/c3cc(I)c(OCC(=O)OC)c(I)c3)c(=O)n2[C@H]1c1ccccc1OC(C)C. The molecule has 1 aliphatic heterocycles. The van der Waals surface area contributed by atoms with Crippen molar-refractivity contribution in [3.8, 4) is 11.5 Å². The molecule has 4 rings (SSSR count). The zero-order chi connectivity index (χ0) is 29.8. The Labute approximate surface area is 268 Å². The Morgan fingerprint density at radius 1 is 1.17 bits per heavy atom. The van der Waals surface area contributed by atoms with Crippen LogP contribution < -0.4 is 24.4 Å². The van der Waals surface area contributed by atoms with E-state index in [2.05, 4.69) is 54.9 Å². The van der Waals surface area contributed by atoms with Gasteiger partial charge in [0, 0.05) is 5.56 Å². The summed E-state index contributed by atoms with van der Waals surface area (Å²) >= 11 is 5.50. The standard InChI is InChI=1S/C29H28I2N2O7S/c1-6-38-28(36)24-16(4)32-29-33(25(24)18-9-7-8-10-21(18)40-15(2)3)27(35)22(41-29)13-17-11-19(30)26(20(31)12-17)39-14-23(34)37-5/h7-13,15,25H,6,14H2,1-5H3/b22-13+/t25-/m0/s1. The van der Waals surface area contributed by atoms with Gasteiger partial charge in [-0.2, -0.15) is 0 Å². The molecule has 3 aromatic rings. The van der Waals surface area contributed by atoms with E-state index in [1.807, 2.05) is 50.2 Å². The molecule has 0 bridgehead atoms. The van der Waals surface area contributed by atoms with Crippen LogP contribution in [0.25, 0.3) is 6.08 Å². The van der Waals surface area contributed by atoms with Crippen LogP contribution in [-0.4, -0.2) is 42.9 Å². The van der Waals surface area contributed by atoms with Gasteiger partial charge in [-0.3, -0.25) is 9.36 Å². The lowest BCUT2D eigenvalue weighted by molar-refractivity contribution is -0.143. The highest BCUT2D eigenvalue weighted by Gasteiger charge is 2.35. The largest absolute Gasteiger partial charge is 0.491 e. The fourth-order valence-corrected chi connectivity index (χ4v) is 7.47. The molecule has 0 unspecified atom stereocenters. The van der Waals surface area contributed by atoms with Gasteiger partial charge in [-0.05, 0) is 103 Å². The molecule has 0 radical (unpaired) electrons. The molecule has 0 N–H and O–H groups in total. The Morgan fingerprint density at radius 3 is 2.49 bits per heavy atom. The summed E-state index contributed by atoms with van der Waals surface area (Å²) in [5.41, 5.74) is 1.93. The van der Waals surface area contributed by atoms with Crippen LogP contribution in [0.1, 0.15) is 44.9 Å². The summed E-state index contributed by atoms with van der Waals surface area (Å²) in [6.07, 6.45) is 1.67. The number of carbonyl (C=O) groups is 2. The van der Waals surface area contributed by atoms with Crippen molar-refractivity contribution < 1.29 is 28.5 Å². The summed E-state index contributed by atoms with van der Waals surface area (Å²) in [5.74, 6) is 0.130. The number of carbonyl (C=O) groups excluding carboxylic acids is 2. The molecule has 216 valence electrons. The minimum atomic E-state index is -0.781. The van der Waals surface area contributed by atoms with Crippen LogP contribution in [0.15, 0.2) is 57.5 Å². The van der Waals surface area contributed by atoms with Crippen LogP contribution in [-0.2, 0) is 19.1 Å². The third-order valence-corrected chi connectivity index (χ3v) is 8.56. The Balaban J connectivity index is 1.88. The predicted molar refractivity (Wildman–Crippen MR) is 172 cm³/mol. The van der Waals surface area contributed by atoms with Gasteiger partial charge < -0.3 is 18.9 Å². The van der Waals surface area contributed by atoms with E-state index in [0.717, 1.165) is 12.7 Å². The monoisotopic (exact) mass is 802 g/mol. The molecule has 0 spiro atoms. The maximum atomic E-state index is 14.0. The zero-order valence-corrected chi connectivity index (χ0v) is 28.2. The molecule has 0 saturated carbocycles. The first-order valence-corrected chi connectivity index (χ1v) is 15.7. The summed E-state index contributed by atoms with van der Waals surface area (Å²) < 4.78 is 25.3. The van der Waals surface area contributed by atoms with Crippen molar-refractivity contribution in [2.75, 3.05) is 20.3 Å². The third kappa shape index (κ3) is 6.85. The number of hydrogen-bond donors (Lipinski definition) is 0. The van der Waals surface area contributed by atoms with Crippen LogP contribution in [0.5, 0.6) is 11.5 Å². The van der Waals surface area contributed by atoms with Gasteiger partial charge in [0.15, 0.2) is 11.4 Å². The van der Waals surface area contributed by atoms with Crippen LogP contribution in [0.2, 0.25) is 0 Å². The van der Waals surface area contributed by atoms with E-state index in [0.29, 0.717) is 37.7 Å². The Morgan fingerprint density at radius 2 is 1.85 bits per heavy atom. The second-order valence-electron chi connectivity index (χ2n) is 9.19. The molecule has 1 aliphatic rings. The molecule has 0 saturated heterocycles. The van der Waals surface area contributed by atoms with Crippen molar-refractivity contribution in [3.63, 3.8) is 0 Å². The van der Waals surface area contributed by atoms with E-state index in [9.17, 15) is 14.4 Å². The van der Waals surface area contributed by atoms with Crippen molar-refractivity contribution in [3.05, 3.63) is 85.6 Å². The Hall–Kier alpha value is -2.72. The highest BCUT2D eigenvalue weighted by atomic mass is 127. The highest BCUT2D eigenvalue weighted by molar-refractivity contribution is 14.1. The lowest BCUT2D eigenvalue weighted by Crippen LogP contribution is -2.40. The average Bonchev–Trinajstić information content (AvgIpc) is 3.21. The smallest absolute Gasteiger partial charge is 0.343 e. The van der Waals surface area contributed by atoms with E-state index in [-0.39, 0.29) is 24.9 Å². The summed E-state index contributed by atoms with van der Waals surface area (Å²) in [4.78, 5) is 43.9. The number of nitrogens with zero attached hydrogens (tertiary/aromatic N) is 2. The first-order chi connectivity index (χ1) is 19.5. The van der Waals surface area contributed by atoms with Crippen molar-refractivity contribution in [2.24, 2.45) is 4.99 Å². The van der Waals surface area contributed by atoms with Crippen molar-refractivity contribution in [2.45, 2.75) is 39.8 Å². The first kappa shape index (κ1) is 31.2. The normalized spacial score (nSPS) is 14.9. The lowest BCUT2D eigenvalue weighted by atomic mass is 9.95. The molecule has 41 heavy (non-hydrogen) atoms. The maximum absolute atomic E-state index is 14.0. The number of benzene rings is 2. The average molecular weight is 802 g/mol. The maximum Gasteiger partial charge on any atom is 0.343 e. The summed E-state index contributed by atoms with van der Waals surface area (Å²) in [7, 11) is 1.30. The molecule has 1 atom stereocenters. The van der Waals surface area contributed by atoms with Crippen molar-refractivity contribution in [1.82, 2.24) is 4.57 Å². The number of thiazole rings is 1. The summed E-state index contributed by atoms with van der Waals surface area (Å²) in [5, 5.41) is 0. The molecule has 9 nitrogen and oxygen atoms in total. The number of ether oxygens (including phenoxy) is 4. The van der Waals surface area contributed by atoms with Crippen molar-refractivity contribution in [1.29, 1.82) is 0 Å². The molecule has 0 aliphatic carbocycles. The van der Waals surface area contributed by atoms with Crippen LogP contribution >= 0.6 is 56.5 Å². The third-order valence-electron chi connectivity index (χ3n) is 5.97. The van der Waals surface area contributed by atoms with Crippen LogP contribution in [0, 0.1) is 7.14 Å². The van der Waals surface area contributed by atoms with Gasteiger partial charge in [0.25, 0.3) is 5.56 Å². The molecular weight excluding hydrogens is 774 g/mol. The quantitative estimate of drug-likeness (QED) is 0.234. The van der Waals surface area contributed by atoms with E-state index < -0.39 is 18.0 Å². The first-order valence-electron chi connectivity index (χ1n) is 12.7. The molecule has 0 amide bonds. The molecule has 1 aromatic heterocycles. The number of para-hydroxylation sites is 1. The summed E-state index contributed by atoms with van der Waals surface area (Å²) in [6, 6.07) is 10.3. The number of rotatable bonds is 9. The molecule has 0 fully saturated rings. The van der Waals surface area contributed by atoms with Crippen LogP contribution in [0.4, 0.5) is 0 Å². The molecule has 2 heterocycles. The lowest BCUT2D eigenvalue weighted by Gasteiger charge is -2.26. The Bertz CT molecular complexity index is 1690. The number of aromatic nitrogens is 1. The number of hydrogen-bond acceptors (Lipinski definition) is 9. The minimum Gasteiger partial charge on any atom is -0.491 e. The molecule has 2 aromatic carbocycles. The highest BCUT2D eigenvalue weighted by Crippen LogP contribution is 2.36. The number of fused-ring (bicyclic) bond motifs is 1. The number of allylic oxidation sites excluding steroid dienone is 1. The number of methoxy groups -OCH3 is 1. The second-order valence-corrected chi connectivity index (χ2v) is 12.5. The zero-order valence-electron chi connectivity index (χ0n) is 23.0. The number of esters is 2. The van der Waals surface area contributed by atoms with E-state index in [1.54, 1.807) is 24.5 Å². The fraction of sp³-hybridized carbons (Fsp3) is 0.310.